The number of likely N-dealkylation sites (tertiary alicyclic amines) is 2. The third-order valence-electron chi connectivity index (χ3n) is 12.7. The Kier molecular flexibility index (Phi) is 14.6. The van der Waals surface area contributed by atoms with Gasteiger partial charge in [-0.1, -0.05) is 54.6 Å². The topological polar surface area (TPSA) is 131 Å². The quantitative estimate of drug-likeness (QED) is 0.181. The lowest BCUT2D eigenvalue weighted by Gasteiger charge is -2.33. The zero-order valence-electron chi connectivity index (χ0n) is 39.6. The van der Waals surface area contributed by atoms with Crippen molar-refractivity contribution in [2.75, 3.05) is 39.3 Å². The van der Waals surface area contributed by atoms with Crippen LogP contribution in [0, 0.1) is 0 Å². The van der Waals surface area contributed by atoms with Gasteiger partial charge < -0.3 is 29.6 Å². The number of carbonyl (C=O) groups is 4. The number of ether oxygens (including phenoxy) is 2. The molecular formula is C53H68N6O6. The fraction of sp³-hybridized carbons (Fsp3) is 0.472. The van der Waals surface area contributed by atoms with Crippen LogP contribution in [-0.4, -0.2) is 98.4 Å². The van der Waals surface area contributed by atoms with Crippen molar-refractivity contribution in [2.24, 2.45) is 0 Å². The molecule has 12 heteroatoms. The number of piperidine rings is 3. The summed E-state index contributed by atoms with van der Waals surface area (Å²) in [6.07, 6.45) is 11.8. The van der Waals surface area contributed by atoms with E-state index in [1.807, 2.05) is 95.2 Å². The average Bonchev–Trinajstić information content (AvgIpc) is 4.01. The maximum atomic E-state index is 12.2. The Labute approximate surface area is 383 Å². The normalized spacial score (nSPS) is 16.7. The molecule has 65 heavy (non-hydrogen) atoms. The van der Waals surface area contributed by atoms with Crippen LogP contribution in [0.25, 0.3) is 32.7 Å². The number of hydrogen-bond donors (Lipinski definition) is 2. The SMILES string of the molecule is CC(=O)n1cc(C2CCN(C(=O)OC(C)(C)C)CC2)c2ccccc21.CC(=O)n1cc(C2CCNCC2)c2ccccc21.CC(C)(C)OC(=O)N1CCC(c2c[nH]c3ccccc23)CC1. The van der Waals surface area contributed by atoms with Gasteiger partial charge in [0.1, 0.15) is 11.2 Å². The fourth-order valence-corrected chi connectivity index (χ4v) is 9.55. The predicted octanol–water partition coefficient (Wildman–Crippen LogP) is 11.5. The average molecular weight is 885 g/mol. The minimum absolute atomic E-state index is 0.0219. The van der Waals surface area contributed by atoms with Gasteiger partial charge in [-0.15, -0.1) is 0 Å². The highest BCUT2D eigenvalue weighted by molar-refractivity contribution is 5.95. The van der Waals surface area contributed by atoms with Crippen LogP contribution in [0.15, 0.2) is 91.4 Å². The first-order valence-electron chi connectivity index (χ1n) is 23.4. The summed E-state index contributed by atoms with van der Waals surface area (Å²) in [6.45, 7) is 19.6. The molecule has 0 bridgehead atoms. The maximum absolute atomic E-state index is 12.2. The molecule has 3 fully saturated rings. The van der Waals surface area contributed by atoms with Crippen molar-refractivity contribution in [3.8, 4) is 0 Å². The largest absolute Gasteiger partial charge is 0.444 e. The Morgan fingerprint density at radius 3 is 1.34 bits per heavy atom. The molecule has 0 spiro atoms. The van der Waals surface area contributed by atoms with Gasteiger partial charge in [-0.2, -0.15) is 0 Å². The van der Waals surface area contributed by atoms with Crippen LogP contribution in [0.1, 0.15) is 138 Å². The fourth-order valence-electron chi connectivity index (χ4n) is 9.55. The van der Waals surface area contributed by atoms with Crippen LogP contribution in [-0.2, 0) is 9.47 Å². The highest BCUT2D eigenvalue weighted by atomic mass is 16.6. The lowest BCUT2D eigenvalue weighted by atomic mass is 9.89. The van der Waals surface area contributed by atoms with Gasteiger partial charge in [0, 0.05) is 80.3 Å². The van der Waals surface area contributed by atoms with Crippen LogP contribution in [0.2, 0.25) is 0 Å². The highest BCUT2D eigenvalue weighted by Gasteiger charge is 2.31. The molecule has 3 aromatic heterocycles. The van der Waals surface area contributed by atoms with E-state index in [0.29, 0.717) is 30.8 Å². The van der Waals surface area contributed by atoms with Gasteiger partial charge >= 0.3 is 12.2 Å². The third kappa shape index (κ3) is 11.5. The Bertz CT molecular complexity index is 2600. The molecule has 12 nitrogen and oxygen atoms in total. The predicted molar refractivity (Wildman–Crippen MR) is 259 cm³/mol. The lowest BCUT2D eigenvalue weighted by molar-refractivity contribution is 0.0194. The second-order valence-corrected chi connectivity index (χ2v) is 19.8. The van der Waals surface area contributed by atoms with E-state index in [1.54, 1.807) is 27.9 Å². The molecule has 0 atom stereocenters. The zero-order chi connectivity index (χ0) is 46.5. The number of benzene rings is 3. The molecule has 0 aliphatic carbocycles. The Morgan fingerprint density at radius 2 is 0.908 bits per heavy atom. The molecule has 0 radical (unpaired) electrons. The molecule has 6 heterocycles. The summed E-state index contributed by atoms with van der Waals surface area (Å²) in [6, 6.07) is 24.6. The van der Waals surface area contributed by atoms with E-state index in [9.17, 15) is 19.2 Å². The molecule has 3 aliphatic heterocycles. The lowest BCUT2D eigenvalue weighted by Crippen LogP contribution is -2.41. The molecule has 2 N–H and O–H groups in total. The molecule has 346 valence electrons. The molecule has 0 saturated carbocycles. The number of fused-ring (bicyclic) bond motifs is 3. The number of amides is 2. The van der Waals surface area contributed by atoms with Gasteiger partial charge in [0.2, 0.25) is 11.8 Å². The maximum Gasteiger partial charge on any atom is 0.410 e. The Hall–Kier alpha value is -5.88. The van der Waals surface area contributed by atoms with E-state index >= 15 is 0 Å². The molecule has 3 aliphatic rings. The zero-order valence-corrected chi connectivity index (χ0v) is 39.6. The molecule has 9 rings (SSSR count). The summed E-state index contributed by atoms with van der Waals surface area (Å²) in [5, 5.41) is 7.06. The summed E-state index contributed by atoms with van der Waals surface area (Å²) < 4.78 is 14.4. The van der Waals surface area contributed by atoms with E-state index in [4.69, 9.17) is 9.47 Å². The number of aromatic nitrogens is 3. The van der Waals surface area contributed by atoms with E-state index in [-0.39, 0.29) is 24.0 Å². The van der Waals surface area contributed by atoms with Crippen molar-refractivity contribution in [1.29, 1.82) is 0 Å². The number of carbonyl (C=O) groups excluding carboxylic acids is 4. The van der Waals surface area contributed by atoms with E-state index < -0.39 is 11.2 Å². The number of nitrogens with zero attached hydrogens (tertiary/aromatic N) is 4. The van der Waals surface area contributed by atoms with Crippen molar-refractivity contribution < 1.29 is 28.7 Å². The van der Waals surface area contributed by atoms with Crippen LogP contribution < -0.4 is 5.32 Å². The summed E-state index contributed by atoms with van der Waals surface area (Å²) in [7, 11) is 0. The van der Waals surface area contributed by atoms with Gasteiger partial charge in [0.15, 0.2) is 0 Å². The summed E-state index contributed by atoms with van der Waals surface area (Å²) in [4.78, 5) is 54.9. The number of aromatic amines is 1. The second-order valence-electron chi connectivity index (χ2n) is 19.8. The Morgan fingerprint density at radius 1 is 0.523 bits per heavy atom. The van der Waals surface area contributed by atoms with E-state index in [0.717, 1.165) is 81.1 Å². The van der Waals surface area contributed by atoms with Crippen LogP contribution in [0.5, 0.6) is 0 Å². The number of H-pyrrole nitrogens is 1. The third-order valence-corrected chi connectivity index (χ3v) is 12.7. The highest BCUT2D eigenvalue weighted by Crippen LogP contribution is 2.36. The van der Waals surface area contributed by atoms with Gasteiger partial charge in [-0.25, -0.2) is 9.59 Å². The summed E-state index contributed by atoms with van der Waals surface area (Å²) in [5.41, 5.74) is 6.20. The van der Waals surface area contributed by atoms with Crippen molar-refractivity contribution in [3.05, 3.63) is 108 Å². The first-order chi connectivity index (χ1) is 31.0. The molecule has 3 saturated heterocycles. The minimum atomic E-state index is -0.469. The molecular weight excluding hydrogens is 817 g/mol. The first kappa shape index (κ1) is 47.1. The van der Waals surface area contributed by atoms with Crippen LogP contribution in [0.4, 0.5) is 9.59 Å². The number of rotatable bonds is 3. The van der Waals surface area contributed by atoms with Crippen LogP contribution in [0.3, 0.4) is 0 Å². The number of hydrogen-bond acceptors (Lipinski definition) is 7. The van der Waals surface area contributed by atoms with Gasteiger partial charge in [-0.3, -0.25) is 18.7 Å². The molecule has 2 amide bonds. The number of nitrogens with one attached hydrogen (secondary N) is 2. The van der Waals surface area contributed by atoms with Gasteiger partial charge in [0.05, 0.1) is 11.0 Å². The molecule has 3 aromatic carbocycles. The van der Waals surface area contributed by atoms with Gasteiger partial charge in [0.25, 0.3) is 0 Å². The monoisotopic (exact) mass is 885 g/mol. The van der Waals surface area contributed by atoms with Gasteiger partial charge in [-0.05, 0) is 146 Å². The Balaban J connectivity index is 0.000000147. The second kappa shape index (κ2) is 20.1. The minimum Gasteiger partial charge on any atom is -0.444 e. The summed E-state index contributed by atoms with van der Waals surface area (Å²) >= 11 is 0. The van der Waals surface area contributed by atoms with Crippen molar-refractivity contribution >= 4 is 56.7 Å². The standard InChI is InChI=1S/C20H26N2O3.C18H24N2O2.C15H18N2O/c1-14(23)22-13-17(16-7-5-6-8-18(16)22)15-9-11-21(12-10-15)19(24)25-20(2,3)4;1-18(2,3)22-17(21)20-10-8-13(9-11-20)15-12-19-16-7-5-4-6-14(15)16;1-11(18)17-10-14(12-6-8-16-9-7-12)13-4-2-3-5-15(13)17/h5-8,13,15H,9-12H2,1-4H3;4-7,12-13,19H,8-11H2,1-3H3;2-5,10,12,16H,6-9H2,1H3. The number of para-hydroxylation sites is 3. The van der Waals surface area contributed by atoms with Crippen molar-refractivity contribution in [3.63, 3.8) is 0 Å². The van der Waals surface area contributed by atoms with Crippen molar-refractivity contribution in [1.82, 2.24) is 29.2 Å². The van der Waals surface area contributed by atoms with Crippen LogP contribution >= 0.6 is 0 Å². The first-order valence-corrected chi connectivity index (χ1v) is 23.4. The summed E-state index contributed by atoms with van der Waals surface area (Å²) in [5.74, 6) is 1.55. The van der Waals surface area contributed by atoms with E-state index in [1.165, 1.54) is 33.0 Å². The van der Waals surface area contributed by atoms with E-state index in [2.05, 4.69) is 52.9 Å². The molecule has 0 unspecified atom stereocenters. The smallest absolute Gasteiger partial charge is 0.410 e. The molecule has 6 aromatic rings. The van der Waals surface area contributed by atoms with Crippen molar-refractivity contribution in [2.45, 2.75) is 123 Å².